The van der Waals surface area contributed by atoms with Gasteiger partial charge in [-0.2, -0.15) is 0 Å². The van der Waals surface area contributed by atoms with E-state index in [1.54, 1.807) is 27.7 Å². The van der Waals surface area contributed by atoms with Crippen molar-refractivity contribution in [1.82, 2.24) is 5.32 Å². The lowest BCUT2D eigenvalue weighted by Crippen LogP contribution is -2.34. The van der Waals surface area contributed by atoms with Crippen LogP contribution in [0.2, 0.25) is 0 Å². The molecule has 0 fully saturated rings. The Morgan fingerprint density at radius 2 is 1.86 bits per heavy atom. The maximum atomic E-state index is 13.5. The first kappa shape index (κ1) is 18.5. The normalized spacial score (nSPS) is 14.5. The topological polar surface area (TPSA) is 58.6 Å². The van der Waals surface area contributed by atoms with Crippen molar-refractivity contribution in [2.45, 2.75) is 51.9 Å². The van der Waals surface area contributed by atoms with Crippen LogP contribution < -0.4 is 5.32 Å². The fourth-order valence-corrected chi connectivity index (χ4v) is 1.95. The van der Waals surface area contributed by atoms with Crippen LogP contribution in [0.4, 0.5) is 8.78 Å². The smallest absolute Gasteiger partial charge is 0.307 e. The molecule has 2 atom stereocenters. The summed E-state index contributed by atoms with van der Waals surface area (Å²) in [4.78, 5) is 11.6. The van der Waals surface area contributed by atoms with Gasteiger partial charge in [0.05, 0.1) is 18.1 Å². The van der Waals surface area contributed by atoms with Crippen LogP contribution in [0.15, 0.2) is 18.2 Å². The Morgan fingerprint density at radius 1 is 1.32 bits per heavy atom. The summed E-state index contributed by atoms with van der Waals surface area (Å²) in [6, 6.07) is 3.12. The fourth-order valence-electron chi connectivity index (χ4n) is 1.95. The number of aliphatic hydroxyl groups is 1. The molecule has 0 radical (unpaired) electrons. The lowest BCUT2D eigenvalue weighted by Gasteiger charge is -2.22. The van der Waals surface area contributed by atoms with Crippen molar-refractivity contribution >= 4 is 5.97 Å². The fraction of sp³-hybridized carbons (Fsp3) is 0.562. The number of rotatable bonds is 6. The van der Waals surface area contributed by atoms with Gasteiger partial charge in [-0.3, -0.25) is 4.79 Å². The molecular weight excluding hydrogens is 292 g/mol. The first-order chi connectivity index (χ1) is 10.1. The Morgan fingerprint density at radius 3 is 2.36 bits per heavy atom. The van der Waals surface area contributed by atoms with Crippen LogP contribution in [0, 0.1) is 11.6 Å². The first-order valence-corrected chi connectivity index (χ1v) is 7.17. The van der Waals surface area contributed by atoms with Gasteiger partial charge in [0.25, 0.3) is 0 Å². The van der Waals surface area contributed by atoms with Gasteiger partial charge >= 0.3 is 5.97 Å². The molecule has 22 heavy (non-hydrogen) atoms. The molecular formula is C16H23F2NO3. The Hall–Kier alpha value is -1.53. The van der Waals surface area contributed by atoms with Gasteiger partial charge in [-0.25, -0.2) is 8.78 Å². The van der Waals surface area contributed by atoms with Gasteiger partial charge in [0.2, 0.25) is 0 Å². The van der Waals surface area contributed by atoms with Gasteiger partial charge in [0.15, 0.2) is 0 Å². The summed E-state index contributed by atoms with van der Waals surface area (Å²) >= 11 is 0. The van der Waals surface area contributed by atoms with Crippen molar-refractivity contribution in [3.8, 4) is 0 Å². The summed E-state index contributed by atoms with van der Waals surface area (Å²) in [5.41, 5.74) is -0.938. The molecule has 0 aromatic heterocycles. The molecule has 0 aliphatic carbocycles. The van der Waals surface area contributed by atoms with E-state index in [0.717, 1.165) is 12.1 Å². The molecule has 1 rings (SSSR count). The van der Waals surface area contributed by atoms with Crippen molar-refractivity contribution in [2.24, 2.45) is 0 Å². The van der Waals surface area contributed by atoms with E-state index in [4.69, 9.17) is 4.74 Å². The molecule has 1 aromatic rings. The molecule has 4 nitrogen and oxygen atoms in total. The molecule has 6 heteroatoms. The molecule has 124 valence electrons. The quantitative estimate of drug-likeness (QED) is 0.793. The van der Waals surface area contributed by atoms with E-state index in [0.29, 0.717) is 0 Å². The standard InChI is InChI=1S/C16H23F2NO3/c1-10(8-14(21)22-16(2,3)4)19-9-13(20)15-11(17)6-5-7-12(15)18/h5-7,10,13,19-20H,8-9H2,1-4H3. The maximum absolute atomic E-state index is 13.5. The summed E-state index contributed by atoms with van der Waals surface area (Å²) < 4.78 is 32.2. The molecule has 0 bridgehead atoms. The number of nitrogens with one attached hydrogen (secondary N) is 1. The van der Waals surface area contributed by atoms with E-state index in [2.05, 4.69) is 5.32 Å². The number of hydrogen-bond acceptors (Lipinski definition) is 4. The van der Waals surface area contributed by atoms with Crippen LogP contribution in [-0.4, -0.2) is 29.3 Å². The van der Waals surface area contributed by atoms with Crippen molar-refractivity contribution in [1.29, 1.82) is 0 Å². The minimum atomic E-state index is -1.33. The third-order valence-corrected chi connectivity index (χ3v) is 2.89. The predicted molar refractivity (Wildman–Crippen MR) is 79.2 cm³/mol. The van der Waals surface area contributed by atoms with Gasteiger partial charge in [0, 0.05) is 12.6 Å². The lowest BCUT2D eigenvalue weighted by atomic mass is 10.1. The molecule has 0 aliphatic heterocycles. The van der Waals surface area contributed by atoms with Crippen molar-refractivity contribution in [2.75, 3.05) is 6.54 Å². The second-order valence-electron chi connectivity index (χ2n) is 6.25. The summed E-state index contributed by atoms with van der Waals surface area (Å²) in [7, 11) is 0. The number of halogens is 2. The van der Waals surface area contributed by atoms with Gasteiger partial charge in [0.1, 0.15) is 17.2 Å². The SMILES string of the molecule is CC(CC(=O)OC(C)(C)C)NCC(O)c1c(F)cccc1F. The Kier molecular flexibility index (Phi) is 6.44. The minimum Gasteiger partial charge on any atom is -0.460 e. The molecule has 2 N–H and O–H groups in total. The third-order valence-electron chi connectivity index (χ3n) is 2.89. The van der Waals surface area contributed by atoms with Crippen molar-refractivity contribution in [3.05, 3.63) is 35.4 Å². The Bertz CT molecular complexity index is 494. The van der Waals surface area contributed by atoms with Crippen LogP contribution in [-0.2, 0) is 9.53 Å². The summed E-state index contributed by atoms with van der Waals surface area (Å²) in [6.07, 6.45) is -1.23. The second kappa shape index (κ2) is 7.65. The Balaban J connectivity index is 2.50. The minimum absolute atomic E-state index is 0.0676. The average Bonchev–Trinajstić information content (AvgIpc) is 2.33. The van der Waals surface area contributed by atoms with E-state index in [9.17, 15) is 18.7 Å². The number of carbonyl (C=O) groups excluding carboxylic acids is 1. The van der Waals surface area contributed by atoms with Crippen LogP contribution in [0.1, 0.15) is 45.8 Å². The summed E-state index contributed by atoms with van der Waals surface area (Å²) in [5, 5.41) is 12.8. The van der Waals surface area contributed by atoms with Crippen LogP contribution in [0.3, 0.4) is 0 Å². The predicted octanol–water partition coefficient (Wildman–Crippen LogP) is 2.71. The molecule has 0 heterocycles. The molecule has 0 aliphatic rings. The van der Waals surface area contributed by atoms with Gasteiger partial charge < -0.3 is 15.2 Å². The number of ether oxygens (including phenoxy) is 1. The zero-order valence-electron chi connectivity index (χ0n) is 13.3. The van der Waals surface area contributed by atoms with E-state index in [1.807, 2.05) is 0 Å². The van der Waals surface area contributed by atoms with Gasteiger partial charge in [-0.15, -0.1) is 0 Å². The van der Waals surface area contributed by atoms with E-state index < -0.39 is 23.3 Å². The van der Waals surface area contributed by atoms with Gasteiger partial charge in [-0.1, -0.05) is 6.07 Å². The monoisotopic (exact) mass is 315 g/mol. The highest BCUT2D eigenvalue weighted by molar-refractivity contribution is 5.70. The zero-order valence-corrected chi connectivity index (χ0v) is 13.3. The number of hydrogen-bond donors (Lipinski definition) is 2. The number of benzene rings is 1. The number of carbonyl (C=O) groups is 1. The highest BCUT2D eigenvalue weighted by atomic mass is 19.1. The van der Waals surface area contributed by atoms with E-state index in [-0.39, 0.29) is 30.5 Å². The Labute approximate surface area is 129 Å². The van der Waals surface area contributed by atoms with E-state index >= 15 is 0 Å². The lowest BCUT2D eigenvalue weighted by molar-refractivity contribution is -0.155. The van der Waals surface area contributed by atoms with Crippen LogP contribution in [0.5, 0.6) is 0 Å². The largest absolute Gasteiger partial charge is 0.460 e. The summed E-state index contributed by atoms with van der Waals surface area (Å²) in [5.74, 6) is -1.97. The first-order valence-electron chi connectivity index (χ1n) is 7.17. The molecule has 0 saturated carbocycles. The molecule has 2 unspecified atom stereocenters. The third kappa shape index (κ3) is 6.07. The molecule has 0 amide bonds. The maximum Gasteiger partial charge on any atom is 0.307 e. The van der Waals surface area contributed by atoms with Crippen LogP contribution in [0.25, 0.3) is 0 Å². The highest BCUT2D eigenvalue weighted by Gasteiger charge is 2.21. The molecule has 1 aromatic carbocycles. The molecule has 0 spiro atoms. The number of aliphatic hydroxyl groups excluding tert-OH is 1. The highest BCUT2D eigenvalue weighted by Crippen LogP contribution is 2.20. The van der Waals surface area contributed by atoms with Crippen molar-refractivity contribution < 1.29 is 23.4 Å². The van der Waals surface area contributed by atoms with E-state index in [1.165, 1.54) is 6.07 Å². The number of esters is 1. The second-order valence-corrected chi connectivity index (χ2v) is 6.25. The average molecular weight is 315 g/mol. The zero-order chi connectivity index (χ0) is 16.9. The summed E-state index contributed by atoms with van der Waals surface area (Å²) in [6.45, 7) is 6.98. The van der Waals surface area contributed by atoms with Gasteiger partial charge in [-0.05, 0) is 39.8 Å². The van der Waals surface area contributed by atoms with Crippen molar-refractivity contribution in [3.63, 3.8) is 0 Å². The van der Waals surface area contributed by atoms with Crippen LogP contribution >= 0.6 is 0 Å². The molecule has 0 saturated heterocycles.